The Bertz CT molecular complexity index is 579. The lowest BCUT2D eigenvalue weighted by Crippen LogP contribution is -2.29. The van der Waals surface area contributed by atoms with Gasteiger partial charge in [0.05, 0.1) is 10.7 Å². The molecule has 1 fully saturated rings. The second-order valence-corrected chi connectivity index (χ2v) is 6.45. The maximum atomic E-state index is 10.5. The zero-order chi connectivity index (χ0) is 14.6. The quantitative estimate of drug-likeness (QED) is 0.806. The molecule has 1 N–H and O–H groups in total. The summed E-state index contributed by atoms with van der Waals surface area (Å²) >= 11 is 0. The van der Waals surface area contributed by atoms with E-state index in [4.69, 9.17) is 4.55 Å². The molecular formula is C14H20N2O3S. The van der Waals surface area contributed by atoms with Crippen molar-refractivity contribution in [3.05, 3.63) is 29.8 Å². The molecule has 2 aliphatic rings. The molecule has 2 aliphatic heterocycles. The van der Waals surface area contributed by atoms with Gasteiger partial charge in [0.1, 0.15) is 0 Å². The van der Waals surface area contributed by atoms with Gasteiger partial charge in [-0.1, -0.05) is 17.7 Å². The lowest BCUT2D eigenvalue weighted by atomic mass is 10.2. The van der Waals surface area contributed by atoms with Crippen molar-refractivity contribution < 1.29 is 13.0 Å². The van der Waals surface area contributed by atoms with E-state index in [1.165, 1.54) is 50.3 Å². The normalized spacial score (nSPS) is 17.9. The fraction of sp³-hybridized carbons (Fsp3) is 0.500. The van der Waals surface area contributed by atoms with E-state index in [-0.39, 0.29) is 4.90 Å². The highest BCUT2D eigenvalue weighted by molar-refractivity contribution is 7.85. The second-order valence-electron chi connectivity index (χ2n) is 5.03. The molecule has 110 valence electrons. The maximum absolute atomic E-state index is 10.5. The number of amidine groups is 1. The van der Waals surface area contributed by atoms with Crippen LogP contribution in [0.25, 0.3) is 0 Å². The lowest BCUT2D eigenvalue weighted by molar-refractivity contribution is 0.427. The molecule has 0 radical (unpaired) electrons. The SMILES string of the molecule is C1CN=C2CCCN2C1.Cc1ccc(S(=O)(=O)O)cc1. The third-order valence-electron chi connectivity index (χ3n) is 3.39. The summed E-state index contributed by atoms with van der Waals surface area (Å²) in [6.45, 7) is 5.44. The van der Waals surface area contributed by atoms with Crippen LogP contribution in [0.1, 0.15) is 24.8 Å². The fourth-order valence-electron chi connectivity index (χ4n) is 2.32. The van der Waals surface area contributed by atoms with Crippen LogP contribution in [0.15, 0.2) is 34.2 Å². The van der Waals surface area contributed by atoms with Gasteiger partial charge in [0.2, 0.25) is 0 Å². The van der Waals surface area contributed by atoms with Crippen molar-refractivity contribution in [2.75, 3.05) is 19.6 Å². The maximum Gasteiger partial charge on any atom is 0.294 e. The number of aryl methyl sites for hydroxylation is 1. The average Bonchev–Trinajstić information content (AvgIpc) is 2.87. The van der Waals surface area contributed by atoms with E-state index >= 15 is 0 Å². The Morgan fingerprint density at radius 3 is 2.40 bits per heavy atom. The van der Waals surface area contributed by atoms with Crippen LogP contribution in [0.4, 0.5) is 0 Å². The van der Waals surface area contributed by atoms with Crippen LogP contribution in [0.5, 0.6) is 0 Å². The van der Waals surface area contributed by atoms with E-state index in [1.807, 2.05) is 6.92 Å². The van der Waals surface area contributed by atoms with E-state index in [2.05, 4.69) is 9.89 Å². The summed E-state index contributed by atoms with van der Waals surface area (Å²) in [5, 5.41) is 0. The summed E-state index contributed by atoms with van der Waals surface area (Å²) in [5.74, 6) is 1.38. The van der Waals surface area contributed by atoms with Gasteiger partial charge in [-0.3, -0.25) is 9.55 Å². The van der Waals surface area contributed by atoms with Crippen LogP contribution < -0.4 is 0 Å². The molecule has 1 aromatic rings. The monoisotopic (exact) mass is 296 g/mol. The molecule has 0 aromatic heterocycles. The number of aliphatic imine (C=N–C) groups is 1. The summed E-state index contributed by atoms with van der Waals surface area (Å²) in [7, 11) is -4.02. The van der Waals surface area contributed by atoms with E-state index in [0.717, 1.165) is 12.1 Å². The molecule has 0 unspecified atom stereocenters. The minimum absolute atomic E-state index is 0.0666. The summed E-state index contributed by atoms with van der Waals surface area (Å²) in [5.41, 5.74) is 0.956. The van der Waals surface area contributed by atoms with Gasteiger partial charge in [0.15, 0.2) is 0 Å². The van der Waals surface area contributed by atoms with Crippen molar-refractivity contribution in [1.29, 1.82) is 0 Å². The first kappa shape index (κ1) is 15.0. The Hall–Kier alpha value is -1.40. The number of hydrogen-bond donors (Lipinski definition) is 1. The second kappa shape index (κ2) is 6.37. The van der Waals surface area contributed by atoms with Crippen LogP contribution in [-0.4, -0.2) is 43.3 Å². The highest BCUT2D eigenvalue weighted by Gasteiger charge is 2.19. The van der Waals surface area contributed by atoms with Crippen molar-refractivity contribution >= 4 is 16.0 Å². The van der Waals surface area contributed by atoms with Gasteiger partial charge in [-0.05, 0) is 31.9 Å². The molecular weight excluding hydrogens is 276 g/mol. The summed E-state index contributed by atoms with van der Waals surface area (Å²) in [6.07, 6.45) is 3.84. The topological polar surface area (TPSA) is 70.0 Å². The van der Waals surface area contributed by atoms with Crippen molar-refractivity contribution in [3.8, 4) is 0 Å². The molecule has 20 heavy (non-hydrogen) atoms. The molecule has 0 amide bonds. The standard InChI is InChI=1S/C7H12N2.C7H8O3S/c1-3-7-8-4-2-6-9(7)5-1;1-6-2-4-7(5-3-6)11(8,9)10/h1-6H2;2-5H,1H3,(H,8,9,10). The first-order chi connectivity index (χ1) is 9.47. The van der Waals surface area contributed by atoms with E-state index in [1.54, 1.807) is 12.1 Å². The number of benzene rings is 1. The third kappa shape index (κ3) is 4.05. The zero-order valence-corrected chi connectivity index (χ0v) is 12.4. The molecule has 0 aliphatic carbocycles. The van der Waals surface area contributed by atoms with Crippen LogP contribution in [-0.2, 0) is 10.1 Å². The molecule has 0 saturated carbocycles. The summed E-state index contributed by atoms with van der Waals surface area (Å²) in [4.78, 5) is 6.79. The minimum atomic E-state index is -4.02. The van der Waals surface area contributed by atoms with Crippen molar-refractivity contribution in [3.63, 3.8) is 0 Å². The van der Waals surface area contributed by atoms with Gasteiger partial charge in [0.25, 0.3) is 10.1 Å². The molecule has 1 aromatic carbocycles. The Morgan fingerprint density at radius 1 is 1.15 bits per heavy atom. The highest BCUT2D eigenvalue weighted by Crippen LogP contribution is 2.15. The Balaban J connectivity index is 0.000000149. The number of hydrogen-bond acceptors (Lipinski definition) is 4. The first-order valence-electron chi connectivity index (χ1n) is 6.79. The van der Waals surface area contributed by atoms with E-state index < -0.39 is 10.1 Å². The molecule has 1 saturated heterocycles. The van der Waals surface area contributed by atoms with Gasteiger partial charge in [0, 0.05) is 26.1 Å². The van der Waals surface area contributed by atoms with Crippen LogP contribution >= 0.6 is 0 Å². The number of nitrogens with zero attached hydrogens (tertiary/aromatic N) is 2. The molecule has 6 heteroatoms. The lowest BCUT2D eigenvalue weighted by Gasteiger charge is -2.21. The van der Waals surface area contributed by atoms with Crippen molar-refractivity contribution in [2.45, 2.75) is 31.1 Å². The van der Waals surface area contributed by atoms with Crippen LogP contribution in [0.2, 0.25) is 0 Å². The first-order valence-corrected chi connectivity index (χ1v) is 8.23. The third-order valence-corrected chi connectivity index (χ3v) is 4.26. The van der Waals surface area contributed by atoms with Gasteiger partial charge in [-0.15, -0.1) is 0 Å². The molecule has 2 heterocycles. The summed E-state index contributed by atoms with van der Waals surface area (Å²) in [6, 6.07) is 5.99. The van der Waals surface area contributed by atoms with Gasteiger partial charge in [-0.25, -0.2) is 0 Å². The van der Waals surface area contributed by atoms with E-state index in [9.17, 15) is 8.42 Å². The number of rotatable bonds is 1. The highest BCUT2D eigenvalue weighted by atomic mass is 32.2. The van der Waals surface area contributed by atoms with E-state index in [0.29, 0.717) is 0 Å². The van der Waals surface area contributed by atoms with Crippen molar-refractivity contribution in [2.24, 2.45) is 4.99 Å². The average molecular weight is 296 g/mol. The Labute approximate surface area is 120 Å². The minimum Gasteiger partial charge on any atom is -0.360 e. The van der Waals surface area contributed by atoms with Crippen LogP contribution in [0.3, 0.4) is 0 Å². The Kier molecular flexibility index (Phi) is 4.77. The zero-order valence-electron chi connectivity index (χ0n) is 11.6. The predicted octanol–water partition coefficient (Wildman–Crippen LogP) is 2.13. The molecule has 0 bridgehead atoms. The predicted molar refractivity (Wildman–Crippen MR) is 78.7 cm³/mol. The van der Waals surface area contributed by atoms with Crippen LogP contribution in [0, 0.1) is 6.92 Å². The fourth-order valence-corrected chi connectivity index (χ4v) is 2.80. The largest absolute Gasteiger partial charge is 0.360 e. The van der Waals surface area contributed by atoms with Gasteiger partial charge < -0.3 is 4.90 Å². The van der Waals surface area contributed by atoms with Gasteiger partial charge >= 0.3 is 0 Å². The Morgan fingerprint density at radius 2 is 1.80 bits per heavy atom. The molecule has 3 rings (SSSR count). The van der Waals surface area contributed by atoms with Gasteiger partial charge in [-0.2, -0.15) is 8.42 Å². The molecule has 5 nitrogen and oxygen atoms in total. The molecule has 0 atom stereocenters. The summed E-state index contributed by atoms with van der Waals surface area (Å²) < 4.78 is 29.6. The number of fused-ring (bicyclic) bond motifs is 1. The molecule has 0 spiro atoms. The van der Waals surface area contributed by atoms with Crippen molar-refractivity contribution in [1.82, 2.24) is 4.90 Å². The smallest absolute Gasteiger partial charge is 0.294 e.